The van der Waals surface area contributed by atoms with Crippen molar-refractivity contribution in [2.24, 2.45) is 0 Å². The zero-order chi connectivity index (χ0) is 9.42. The summed E-state index contributed by atoms with van der Waals surface area (Å²) >= 11 is 8.01. The smallest absolute Gasteiger partial charge is 0.171 e. The molecule has 0 amide bonds. The van der Waals surface area contributed by atoms with Gasteiger partial charge in [0.15, 0.2) is 5.78 Å². The predicted octanol–water partition coefficient (Wildman–Crippen LogP) is 2.91. The van der Waals surface area contributed by atoms with Crippen molar-refractivity contribution in [2.75, 3.05) is 6.61 Å². The van der Waals surface area contributed by atoms with Gasteiger partial charge < -0.3 is 4.74 Å². The van der Waals surface area contributed by atoms with E-state index in [2.05, 4.69) is 22.6 Å². The normalized spacial score (nSPS) is 15.1. The Bertz CT molecular complexity index is 376. The van der Waals surface area contributed by atoms with Gasteiger partial charge >= 0.3 is 0 Å². The van der Waals surface area contributed by atoms with E-state index in [1.54, 1.807) is 6.07 Å². The molecular weight excluding hydrogens is 302 g/mol. The van der Waals surface area contributed by atoms with E-state index in [1.165, 1.54) is 0 Å². The summed E-state index contributed by atoms with van der Waals surface area (Å²) in [7, 11) is 0. The van der Waals surface area contributed by atoms with Crippen molar-refractivity contribution in [3.8, 4) is 5.75 Å². The lowest BCUT2D eigenvalue weighted by Gasteiger charge is -2.18. The summed E-state index contributed by atoms with van der Waals surface area (Å²) in [4.78, 5) is 11.5. The number of fused-ring (bicyclic) bond motifs is 1. The van der Waals surface area contributed by atoms with Gasteiger partial charge in [0.05, 0.1) is 17.2 Å². The fraction of sp³-hybridized carbons (Fsp3) is 0.222. The zero-order valence-corrected chi connectivity index (χ0v) is 9.55. The van der Waals surface area contributed by atoms with Crippen LogP contribution in [0.1, 0.15) is 16.8 Å². The van der Waals surface area contributed by atoms with E-state index in [0.717, 1.165) is 3.57 Å². The van der Waals surface area contributed by atoms with Crippen molar-refractivity contribution >= 4 is 40.0 Å². The van der Waals surface area contributed by atoms with Gasteiger partial charge in [-0.3, -0.25) is 4.79 Å². The van der Waals surface area contributed by atoms with Gasteiger partial charge in [-0.2, -0.15) is 0 Å². The van der Waals surface area contributed by atoms with E-state index in [4.69, 9.17) is 16.3 Å². The Morgan fingerprint density at radius 1 is 1.46 bits per heavy atom. The van der Waals surface area contributed by atoms with E-state index in [-0.39, 0.29) is 5.78 Å². The van der Waals surface area contributed by atoms with E-state index in [9.17, 15) is 4.79 Å². The minimum absolute atomic E-state index is 0.119. The molecule has 0 N–H and O–H groups in total. The van der Waals surface area contributed by atoms with Crippen LogP contribution in [0.5, 0.6) is 5.75 Å². The van der Waals surface area contributed by atoms with Crippen LogP contribution in [0.25, 0.3) is 0 Å². The summed E-state index contributed by atoms with van der Waals surface area (Å²) in [5, 5.41) is 0.517. The average molecular weight is 309 g/mol. The van der Waals surface area contributed by atoms with Gasteiger partial charge in [0, 0.05) is 9.99 Å². The van der Waals surface area contributed by atoms with E-state index in [1.807, 2.05) is 6.07 Å². The highest BCUT2D eigenvalue weighted by molar-refractivity contribution is 14.1. The van der Waals surface area contributed by atoms with Gasteiger partial charge in [-0.1, -0.05) is 11.6 Å². The first-order chi connectivity index (χ1) is 6.20. The van der Waals surface area contributed by atoms with Crippen molar-refractivity contribution in [3.05, 3.63) is 26.3 Å². The molecule has 1 heterocycles. The fourth-order valence-corrected chi connectivity index (χ4v) is 2.24. The number of carbonyl (C=O) groups is 1. The molecule has 0 fully saturated rings. The van der Waals surface area contributed by atoms with Crippen molar-refractivity contribution in [1.82, 2.24) is 0 Å². The van der Waals surface area contributed by atoms with E-state index in [0.29, 0.717) is 29.4 Å². The van der Waals surface area contributed by atoms with Crippen LogP contribution in [-0.2, 0) is 0 Å². The second-order valence-electron chi connectivity index (χ2n) is 2.75. The quantitative estimate of drug-likeness (QED) is 0.689. The van der Waals surface area contributed by atoms with Gasteiger partial charge in [-0.05, 0) is 34.7 Å². The summed E-state index contributed by atoms with van der Waals surface area (Å²) in [6.07, 6.45) is 0.448. The lowest BCUT2D eigenvalue weighted by Crippen LogP contribution is -2.16. The third kappa shape index (κ3) is 1.55. The summed E-state index contributed by atoms with van der Waals surface area (Å²) in [6.45, 7) is 0.436. The molecule has 0 radical (unpaired) electrons. The van der Waals surface area contributed by atoms with Crippen LogP contribution in [0.4, 0.5) is 0 Å². The Hall–Kier alpha value is -0.290. The van der Waals surface area contributed by atoms with Crippen LogP contribution >= 0.6 is 34.2 Å². The van der Waals surface area contributed by atoms with E-state index < -0.39 is 0 Å². The van der Waals surface area contributed by atoms with Crippen LogP contribution in [-0.4, -0.2) is 12.4 Å². The lowest BCUT2D eigenvalue weighted by molar-refractivity contribution is 0.0932. The number of hydrogen-bond donors (Lipinski definition) is 0. The third-order valence-electron chi connectivity index (χ3n) is 1.91. The molecule has 1 aliphatic rings. The molecule has 1 aromatic carbocycles. The second kappa shape index (κ2) is 3.46. The van der Waals surface area contributed by atoms with Crippen LogP contribution in [0.15, 0.2) is 12.1 Å². The molecule has 0 unspecified atom stereocenters. The third-order valence-corrected chi connectivity index (χ3v) is 3.11. The van der Waals surface area contributed by atoms with Crippen LogP contribution in [0.2, 0.25) is 5.02 Å². The highest BCUT2D eigenvalue weighted by Crippen LogP contribution is 2.35. The SMILES string of the molecule is O=C1CCOc2c(Cl)ccc(I)c21. The number of hydrogen-bond acceptors (Lipinski definition) is 2. The molecule has 1 aliphatic heterocycles. The standard InChI is InChI=1S/C9H6ClIO2/c10-5-1-2-6(11)8-7(12)3-4-13-9(5)8/h1-2H,3-4H2. The largest absolute Gasteiger partial charge is 0.491 e. The van der Waals surface area contributed by atoms with Crippen molar-refractivity contribution in [2.45, 2.75) is 6.42 Å². The summed E-state index contributed by atoms with van der Waals surface area (Å²) < 4.78 is 6.25. The Kier molecular flexibility index (Phi) is 2.47. The highest BCUT2D eigenvalue weighted by atomic mass is 127. The Morgan fingerprint density at radius 3 is 2.92 bits per heavy atom. The maximum atomic E-state index is 11.5. The summed E-state index contributed by atoms with van der Waals surface area (Å²) in [5.41, 5.74) is 0.638. The minimum Gasteiger partial charge on any atom is -0.491 e. The maximum Gasteiger partial charge on any atom is 0.171 e. The monoisotopic (exact) mass is 308 g/mol. The summed E-state index contributed by atoms with van der Waals surface area (Å²) in [6, 6.07) is 3.58. The number of benzene rings is 1. The summed E-state index contributed by atoms with van der Waals surface area (Å²) in [5.74, 6) is 0.665. The number of carbonyl (C=O) groups excluding carboxylic acids is 1. The lowest BCUT2D eigenvalue weighted by atomic mass is 10.1. The fourth-order valence-electron chi connectivity index (χ4n) is 1.30. The van der Waals surface area contributed by atoms with Gasteiger partial charge in [0.1, 0.15) is 5.75 Å². The van der Waals surface area contributed by atoms with Gasteiger partial charge in [-0.15, -0.1) is 0 Å². The first-order valence-corrected chi connectivity index (χ1v) is 5.30. The minimum atomic E-state index is 0.119. The topological polar surface area (TPSA) is 26.3 Å². The Labute approximate surface area is 94.4 Å². The molecule has 0 spiro atoms. The van der Waals surface area contributed by atoms with Gasteiger partial charge in [-0.25, -0.2) is 0 Å². The number of Topliss-reactive ketones (excluding diaryl/α,β-unsaturated/α-hetero) is 1. The molecule has 1 aromatic rings. The molecule has 4 heteroatoms. The van der Waals surface area contributed by atoms with Gasteiger partial charge in [0.25, 0.3) is 0 Å². The molecule has 0 atom stereocenters. The molecule has 0 bridgehead atoms. The van der Waals surface area contributed by atoms with Gasteiger partial charge in [0.2, 0.25) is 0 Å². The van der Waals surface area contributed by atoms with Crippen LogP contribution in [0, 0.1) is 3.57 Å². The molecule has 2 rings (SSSR count). The maximum absolute atomic E-state index is 11.5. The van der Waals surface area contributed by atoms with Crippen molar-refractivity contribution in [3.63, 3.8) is 0 Å². The predicted molar refractivity (Wildman–Crippen MR) is 58.6 cm³/mol. The number of ether oxygens (including phenoxy) is 1. The zero-order valence-electron chi connectivity index (χ0n) is 6.64. The first-order valence-electron chi connectivity index (χ1n) is 3.84. The first kappa shape index (κ1) is 9.27. The molecule has 0 saturated heterocycles. The molecule has 0 saturated carbocycles. The molecule has 0 aromatic heterocycles. The molecule has 68 valence electrons. The molecule has 0 aliphatic carbocycles. The average Bonchev–Trinajstić information content (AvgIpc) is 2.12. The molecule has 2 nitrogen and oxygen atoms in total. The Morgan fingerprint density at radius 2 is 2.23 bits per heavy atom. The second-order valence-corrected chi connectivity index (χ2v) is 4.32. The number of halogens is 2. The Balaban J connectivity index is 2.67. The highest BCUT2D eigenvalue weighted by Gasteiger charge is 2.23. The number of ketones is 1. The van der Waals surface area contributed by atoms with Crippen molar-refractivity contribution in [1.29, 1.82) is 0 Å². The van der Waals surface area contributed by atoms with E-state index >= 15 is 0 Å². The van der Waals surface area contributed by atoms with Crippen molar-refractivity contribution < 1.29 is 9.53 Å². The number of rotatable bonds is 0. The molecule has 13 heavy (non-hydrogen) atoms. The van der Waals surface area contributed by atoms with Crippen LogP contribution in [0.3, 0.4) is 0 Å². The molecular formula is C9H6ClIO2. The van der Waals surface area contributed by atoms with Crippen LogP contribution < -0.4 is 4.74 Å².